The number of carbonyl (C=O) groups is 1. The third kappa shape index (κ3) is 2.32. The van der Waals surface area contributed by atoms with Gasteiger partial charge in [0.2, 0.25) is 0 Å². The highest BCUT2D eigenvalue weighted by Gasteiger charge is 2.38. The number of aldehydes is 1. The number of hydrogen-bond acceptors (Lipinski definition) is 1. The van der Waals surface area contributed by atoms with Crippen LogP contribution in [-0.2, 0) is 4.79 Å². The average molecular weight is 154 g/mol. The fourth-order valence-corrected chi connectivity index (χ4v) is 1.78. The van der Waals surface area contributed by atoms with Crippen LogP contribution in [0.1, 0.15) is 40.0 Å². The predicted octanol–water partition coefficient (Wildman–Crippen LogP) is 2.65. The van der Waals surface area contributed by atoms with Crippen molar-refractivity contribution in [2.24, 2.45) is 17.3 Å². The van der Waals surface area contributed by atoms with Crippen molar-refractivity contribution in [2.45, 2.75) is 40.0 Å². The molecule has 0 saturated heterocycles. The van der Waals surface area contributed by atoms with E-state index in [0.29, 0.717) is 0 Å². The van der Waals surface area contributed by atoms with Gasteiger partial charge in [-0.25, -0.2) is 0 Å². The number of hydrogen-bond donors (Lipinski definition) is 0. The van der Waals surface area contributed by atoms with Crippen LogP contribution in [0.3, 0.4) is 0 Å². The molecule has 1 nitrogen and oxygen atoms in total. The van der Waals surface area contributed by atoms with Gasteiger partial charge in [0.15, 0.2) is 0 Å². The summed E-state index contributed by atoms with van der Waals surface area (Å²) in [6.45, 7) is 6.30. The summed E-state index contributed by atoms with van der Waals surface area (Å²) in [5.41, 5.74) is -0.0748. The standard InChI is InChI=1S/C10H18O/c1-4-8-5-9(8)6-10(2,3)7-11/h7-9H,4-6H2,1-3H3/t8-,9+/m1/s1. The highest BCUT2D eigenvalue weighted by Crippen LogP contribution is 2.47. The van der Waals surface area contributed by atoms with E-state index in [1.807, 2.05) is 13.8 Å². The van der Waals surface area contributed by atoms with Gasteiger partial charge in [-0.2, -0.15) is 0 Å². The lowest BCUT2D eigenvalue weighted by Crippen LogP contribution is -2.13. The first-order chi connectivity index (χ1) is 5.09. The van der Waals surface area contributed by atoms with Crippen molar-refractivity contribution in [1.82, 2.24) is 0 Å². The minimum Gasteiger partial charge on any atom is -0.303 e. The van der Waals surface area contributed by atoms with E-state index in [2.05, 4.69) is 6.92 Å². The van der Waals surface area contributed by atoms with Crippen LogP contribution in [0.5, 0.6) is 0 Å². The monoisotopic (exact) mass is 154 g/mol. The third-order valence-electron chi connectivity index (χ3n) is 2.70. The van der Waals surface area contributed by atoms with Crippen molar-refractivity contribution in [1.29, 1.82) is 0 Å². The zero-order valence-electron chi connectivity index (χ0n) is 7.76. The molecule has 0 N–H and O–H groups in total. The van der Waals surface area contributed by atoms with Crippen LogP contribution in [0.25, 0.3) is 0 Å². The molecule has 0 aromatic rings. The second kappa shape index (κ2) is 2.96. The molecule has 1 heteroatoms. The van der Waals surface area contributed by atoms with Crippen LogP contribution < -0.4 is 0 Å². The lowest BCUT2D eigenvalue weighted by molar-refractivity contribution is -0.115. The molecule has 64 valence electrons. The molecule has 1 aliphatic carbocycles. The Morgan fingerprint density at radius 3 is 2.45 bits per heavy atom. The van der Waals surface area contributed by atoms with Gasteiger partial charge in [0.05, 0.1) is 0 Å². The zero-order valence-corrected chi connectivity index (χ0v) is 7.76. The minimum absolute atomic E-state index is 0.0748. The quantitative estimate of drug-likeness (QED) is 0.569. The van der Waals surface area contributed by atoms with Gasteiger partial charge >= 0.3 is 0 Å². The van der Waals surface area contributed by atoms with Crippen LogP contribution in [-0.4, -0.2) is 6.29 Å². The van der Waals surface area contributed by atoms with Gasteiger partial charge in [-0.3, -0.25) is 0 Å². The summed E-state index contributed by atoms with van der Waals surface area (Å²) in [4.78, 5) is 10.6. The van der Waals surface area contributed by atoms with Crippen molar-refractivity contribution >= 4 is 6.29 Å². The van der Waals surface area contributed by atoms with E-state index < -0.39 is 0 Å². The van der Waals surface area contributed by atoms with Crippen LogP contribution in [0.2, 0.25) is 0 Å². The van der Waals surface area contributed by atoms with E-state index in [0.717, 1.165) is 24.5 Å². The molecule has 1 saturated carbocycles. The molecule has 1 fully saturated rings. The van der Waals surface area contributed by atoms with Gasteiger partial charge in [0, 0.05) is 5.41 Å². The largest absolute Gasteiger partial charge is 0.303 e. The summed E-state index contributed by atoms with van der Waals surface area (Å²) in [5, 5.41) is 0. The van der Waals surface area contributed by atoms with Crippen LogP contribution in [0.15, 0.2) is 0 Å². The normalized spacial score (nSPS) is 30.1. The molecular formula is C10H18O. The van der Waals surface area contributed by atoms with Crippen molar-refractivity contribution in [3.8, 4) is 0 Å². The fraction of sp³-hybridized carbons (Fsp3) is 0.900. The first-order valence-corrected chi connectivity index (χ1v) is 4.55. The smallest absolute Gasteiger partial charge is 0.125 e. The molecule has 0 aliphatic heterocycles. The highest BCUT2D eigenvalue weighted by atomic mass is 16.1. The Morgan fingerprint density at radius 2 is 2.09 bits per heavy atom. The molecule has 0 aromatic carbocycles. The Kier molecular flexibility index (Phi) is 2.36. The van der Waals surface area contributed by atoms with E-state index in [4.69, 9.17) is 0 Å². The second-order valence-electron chi connectivity index (χ2n) is 4.47. The van der Waals surface area contributed by atoms with Crippen LogP contribution in [0, 0.1) is 17.3 Å². The van der Waals surface area contributed by atoms with Crippen molar-refractivity contribution < 1.29 is 4.79 Å². The topological polar surface area (TPSA) is 17.1 Å². The van der Waals surface area contributed by atoms with E-state index in [1.54, 1.807) is 0 Å². The summed E-state index contributed by atoms with van der Waals surface area (Å²) in [6, 6.07) is 0. The summed E-state index contributed by atoms with van der Waals surface area (Å²) < 4.78 is 0. The lowest BCUT2D eigenvalue weighted by Gasteiger charge is -2.15. The van der Waals surface area contributed by atoms with Crippen molar-refractivity contribution in [3.63, 3.8) is 0 Å². The molecule has 0 amide bonds. The summed E-state index contributed by atoms with van der Waals surface area (Å²) in [7, 11) is 0. The van der Waals surface area contributed by atoms with E-state index >= 15 is 0 Å². The van der Waals surface area contributed by atoms with Gasteiger partial charge in [-0.05, 0) is 24.7 Å². The van der Waals surface area contributed by atoms with Gasteiger partial charge < -0.3 is 4.79 Å². The first-order valence-electron chi connectivity index (χ1n) is 4.55. The molecule has 0 unspecified atom stereocenters. The minimum atomic E-state index is -0.0748. The maximum atomic E-state index is 10.6. The SMILES string of the molecule is CC[C@@H]1C[C@H]1CC(C)(C)C=O. The molecular weight excluding hydrogens is 136 g/mol. The average Bonchev–Trinajstić information content (AvgIpc) is 2.67. The van der Waals surface area contributed by atoms with Gasteiger partial charge in [-0.1, -0.05) is 27.2 Å². The fourth-order valence-electron chi connectivity index (χ4n) is 1.78. The summed E-state index contributed by atoms with van der Waals surface area (Å²) >= 11 is 0. The molecule has 0 aromatic heterocycles. The molecule has 1 rings (SSSR count). The number of carbonyl (C=O) groups excluding carboxylic acids is 1. The van der Waals surface area contributed by atoms with E-state index in [1.165, 1.54) is 12.8 Å². The maximum Gasteiger partial charge on any atom is 0.125 e. The van der Waals surface area contributed by atoms with Gasteiger partial charge in [-0.15, -0.1) is 0 Å². The Hall–Kier alpha value is -0.330. The predicted molar refractivity (Wildman–Crippen MR) is 46.4 cm³/mol. The van der Waals surface area contributed by atoms with Crippen LogP contribution in [0.4, 0.5) is 0 Å². The number of rotatable bonds is 4. The van der Waals surface area contributed by atoms with Crippen molar-refractivity contribution in [2.75, 3.05) is 0 Å². The van der Waals surface area contributed by atoms with Gasteiger partial charge in [0.1, 0.15) is 6.29 Å². The Bertz CT molecular complexity index is 149. The van der Waals surface area contributed by atoms with Crippen LogP contribution >= 0.6 is 0 Å². The Balaban J connectivity index is 2.27. The molecule has 1 aliphatic rings. The van der Waals surface area contributed by atoms with E-state index in [9.17, 15) is 4.79 Å². The molecule has 0 heterocycles. The second-order valence-corrected chi connectivity index (χ2v) is 4.47. The summed E-state index contributed by atoms with van der Waals surface area (Å²) in [6.07, 6.45) is 4.83. The van der Waals surface area contributed by atoms with E-state index in [-0.39, 0.29) is 5.41 Å². The Labute approximate surface area is 69.2 Å². The first kappa shape index (κ1) is 8.76. The molecule has 2 atom stereocenters. The molecule has 0 bridgehead atoms. The molecule has 11 heavy (non-hydrogen) atoms. The zero-order chi connectivity index (χ0) is 8.48. The Morgan fingerprint density at radius 1 is 1.45 bits per heavy atom. The van der Waals surface area contributed by atoms with Gasteiger partial charge in [0.25, 0.3) is 0 Å². The highest BCUT2D eigenvalue weighted by molar-refractivity contribution is 5.57. The molecule has 0 radical (unpaired) electrons. The lowest BCUT2D eigenvalue weighted by atomic mass is 9.88. The third-order valence-corrected chi connectivity index (χ3v) is 2.70. The molecule has 0 spiro atoms. The maximum absolute atomic E-state index is 10.6. The van der Waals surface area contributed by atoms with Crippen molar-refractivity contribution in [3.05, 3.63) is 0 Å². The summed E-state index contributed by atoms with van der Waals surface area (Å²) in [5.74, 6) is 1.77.